The smallest absolute Gasteiger partial charge is 0.320 e. The molecule has 0 aromatic rings. The SMILES string of the molecule is CSCC[C@H](N)C(=O)O.N=[SH-]=O. The van der Waals surface area contributed by atoms with Crippen molar-refractivity contribution in [2.45, 2.75) is 12.5 Å². The standard InChI is InChI=1S/C5H11NO2S.H2NOS/c1-9-3-2-4(6)5(7)8;1-3-2/h4H,2-3,6H2,1H3,(H,7,8);1,3H/q;-1/t4-;/m0./s1. The first-order valence-corrected chi connectivity index (χ1v) is 5.27. The lowest BCUT2D eigenvalue weighted by atomic mass is 10.2. The summed E-state index contributed by atoms with van der Waals surface area (Å²) in [7, 11) is 0. The monoisotopic (exact) mass is 213 g/mol. The maximum atomic E-state index is 10.1. The fourth-order valence-corrected chi connectivity index (χ4v) is 0.858. The normalized spacial score (nSPS) is 11.2. The number of thiol groups is 1. The largest absolute Gasteiger partial charge is 0.480 e. The number of hydrogen-bond donors (Lipinski definition) is 3. The van der Waals surface area contributed by atoms with Gasteiger partial charge in [0.25, 0.3) is 0 Å². The first-order chi connectivity index (χ1) is 5.59. The number of nitrogens with one attached hydrogen (secondary N) is 1. The average molecular weight is 213 g/mol. The van der Waals surface area contributed by atoms with E-state index in [1.54, 1.807) is 11.8 Å². The van der Waals surface area contributed by atoms with Crippen LogP contribution < -0.4 is 5.73 Å². The van der Waals surface area contributed by atoms with Gasteiger partial charge in [0.1, 0.15) is 6.04 Å². The molecule has 5 nitrogen and oxygen atoms in total. The molecule has 0 rings (SSSR count). The summed E-state index contributed by atoms with van der Waals surface area (Å²) >= 11 is 1.02. The predicted octanol–water partition coefficient (Wildman–Crippen LogP) is 0.0606. The Hall–Kier alpha value is -0.270. The Morgan fingerprint density at radius 2 is 2.25 bits per heavy atom. The third-order valence-electron chi connectivity index (χ3n) is 0.950. The maximum Gasteiger partial charge on any atom is 0.320 e. The summed E-state index contributed by atoms with van der Waals surface area (Å²) in [6, 6.07) is -0.683. The van der Waals surface area contributed by atoms with Gasteiger partial charge in [0.15, 0.2) is 0 Å². The maximum absolute atomic E-state index is 10.1. The summed E-state index contributed by atoms with van der Waals surface area (Å²) in [5.41, 5.74) is 5.19. The molecule has 0 saturated heterocycles. The Balaban J connectivity index is 0. The highest BCUT2D eigenvalue weighted by atomic mass is 32.2. The molecular weight excluding hydrogens is 200 g/mol. The molecule has 0 heterocycles. The molecule has 12 heavy (non-hydrogen) atoms. The summed E-state index contributed by atoms with van der Waals surface area (Å²) in [5.74, 6) is -0.1000. The third kappa shape index (κ3) is 12.4. The van der Waals surface area contributed by atoms with Crippen LogP contribution in [-0.4, -0.2) is 29.1 Å². The molecule has 0 radical (unpaired) electrons. The number of hydrogen-bond acceptors (Lipinski definition) is 6. The minimum atomic E-state index is -0.913. The van der Waals surface area contributed by atoms with Crippen LogP contribution in [0.2, 0.25) is 0 Å². The van der Waals surface area contributed by atoms with Crippen LogP contribution in [0.25, 0.3) is 0 Å². The van der Waals surface area contributed by atoms with E-state index in [-0.39, 0.29) is 0 Å². The Bertz CT molecular complexity index is 159. The number of carboxylic acid groups (broad SMARTS) is 1. The molecule has 0 bridgehead atoms. The Kier molecular flexibility index (Phi) is 12.8. The number of carbonyl (C=O) groups is 1. The van der Waals surface area contributed by atoms with Gasteiger partial charge in [0.2, 0.25) is 0 Å². The zero-order valence-corrected chi connectivity index (χ0v) is 8.40. The molecular formula is C5H13N2O3S2-. The molecule has 0 aliphatic carbocycles. The van der Waals surface area contributed by atoms with Crippen LogP contribution >= 0.6 is 11.8 Å². The minimum Gasteiger partial charge on any atom is -0.480 e. The second-order valence-electron chi connectivity index (χ2n) is 1.82. The zero-order valence-electron chi connectivity index (χ0n) is 6.69. The van der Waals surface area contributed by atoms with E-state index in [9.17, 15) is 4.79 Å². The molecule has 0 saturated carbocycles. The average Bonchev–Trinajstić information content (AvgIpc) is 2.01. The molecule has 7 heteroatoms. The van der Waals surface area contributed by atoms with Crippen molar-refractivity contribution in [3.05, 3.63) is 0 Å². The molecule has 0 amide bonds. The lowest BCUT2D eigenvalue weighted by Crippen LogP contribution is -2.30. The van der Waals surface area contributed by atoms with E-state index in [4.69, 9.17) is 19.8 Å². The second kappa shape index (κ2) is 10.7. The highest BCUT2D eigenvalue weighted by molar-refractivity contribution is 7.98. The third-order valence-corrected chi connectivity index (χ3v) is 1.59. The minimum absolute atomic E-state index is 0.552. The van der Waals surface area contributed by atoms with Gasteiger partial charge in [-0.3, -0.25) is 4.79 Å². The number of nitrogens with two attached hydrogens (primary N) is 1. The number of rotatable bonds is 4. The highest BCUT2D eigenvalue weighted by Gasteiger charge is 2.08. The van der Waals surface area contributed by atoms with Crippen molar-refractivity contribution in [3.8, 4) is 0 Å². The van der Waals surface area contributed by atoms with Crippen LogP contribution in [0.1, 0.15) is 6.42 Å². The molecule has 1 atom stereocenters. The second-order valence-corrected chi connectivity index (χ2v) is 2.99. The summed E-state index contributed by atoms with van der Waals surface area (Å²) in [6.45, 7) is 0. The zero-order chi connectivity index (χ0) is 9.98. The molecule has 0 unspecified atom stereocenters. The van der Waals surface area contributed by atoms with Crippen molar-refractivity contribution < 1.29 is 14.1 Å². The molecule has 0 aliphatic heterocycles. The van der Waals surface area contributed by atoms with Gasteiger partial charge in [-0.25, -0.2) is 11.5 Å². The Morgan fingerprint density at radius 3 is 2.50 bits per heavy atom. The van der Waals surface area contributed by atoms with Gasteiger partial charge < -0.3 is 19.8 Å². The van der Waals surface area contributed by atoms with Crippen molar-refractivity contribution in [2.24, 2.45) is 5.73 Å². The van der Waals surface area contributed by atoms with Gasteiger partial charge in [-0.2, -0.15) is 11.8 Å². The van der Waals surface area contributed by atoms with Crippen molar-refractivity contribution in [1.82, 2.24) is 0 Å². The summed E-state index contributed by atoms with van der Waals surface area (Å²) < 4.78 is 14.2. The van der Waals surface area contributed by atoms with Gasteiger partial charge >= 0.3 is 5.97 Å². The van der Waals surface area contributed by atoms with Gasteiger partial charge in [0.05, 0.1) is 0 Å². The van der Waals surface area contributed by atoms with Crippen molar-refractivity contribution in [1.29, 1.82) is 4.78 Å². The van der Waals surface area contributed by atoms with Crippen molar-refractivity contribution in [2.75, 3.05) is 12.0 Å². The number of carboxylic acids is 1. The van der Waals surface area contributed by atoms with Crippen molar-refractivity contribution in [3.63, 3.8) is 0 Å². The predicted molar refractivity (Wildman–Crippen MR) is 50.8 cm³/mol. The molecule has 0 fully saturated rings. The summed E-state index contributed by atoms with van der Waals surface area (Å²) in [6.07, 6.45) is 2.48. The van der Waals surface area contributed by atoms with Crippen LogP contribution in [0.4, 0.5) is 0 Å². The van der Waals surface area contributed by atoms with Gasteiger partial charge in [0, 0.05) is 0 Å². The number of thioether (sulfide) groups is 1. The lowest BCUT2D eigenvalue weighted by Gasteiger charge is -2.02. The molecule has 0 spiro atoms. The number of aliphatic carboxylic acids is 1. The quantitative estimate of drug-likeness (QED) is 0.452. The van der Waals surface area contributed by atoms with E-state index in [2.05, 4.69) is 0 Å². The molecule has 4 N–H and O–H groups in total. The van der Waals surface area contributed by atoms with Gasteiger partial charge in [-0.1, -0.05) is 0 Å². The van der Waals surface area contributed by atoms with Crippen LogP contribution in [0, 0.1) is 4.78 Å². The lowest BCUT2D eigenvalue weighted by molar-refractivity contribution is -0.138. The Labute approximate surface area is 78.8 Å². The fraction of sp³-hybridized carbons (Fsp3) is 0.800. The van der Waals surface area contributed by atoms with Crippen molar-refractivity contribution >= 4 is 29.2 Å². The molecule has 74 valence electrons. The highest BCUT2D eigenvalue weighted by Crippen LogP contribution is 1.97. The van der Waals surface area contributed by atoms with Crippen LogP contribution in [-0.2, 0) is 20.5 Å². The van der Waals surface area contributed by atoms with Gasteiger partial charge in [-0.15, -0.1) is 0 Å². The van der Waals surface area contributed by atoms with Crippen LogP contribution in [0.15, 0.2) is 0 Å². The first kappa shape index (κ1) is 14.3. The Morgan fingerprint density at radius 1 is 1.83 bits per heavy atom. The topological polar surface area (TPSA) is 104 Å². The molecule has 0 aromatic carbocycles. The van der Waals surface area contributed by atoms with Gasteiger partial charge in [-0.05, 0) is 18.4 Å². The molecule has 0 aromatic heterocycles. The van der Waals surface area contributed by atoms with E-state index in [1.807, 2.05) is 6.26 Å². The summed E-state index contributed by atoms with van der Waals surface area (Å²) in [4.78, 5) is 10.1. The fourth-order valence-electron chi connectivity index (χ4n) is 0.368. The van der Waals surface area contributed by atoms with E-state index < -0.39 is 23.5 Å². The molecule has 0 aliphatic rings. The van der Waals surface area contributed by atoms with E-state index in [0.29, 0.717) is 6.42 Å². The van der Waals surface area contributed by atoms with Crippen LogP contribution in [0.5, 0.6) is 0 Å². The van der Waals surface area contributed by atoms with E-state index in [1.165, 1.54) is 0 Å². The first-order valence-electron chi connectivity index (χ1n) is 3.06. The van der Waals surface area contributed by atoms with E-state index >= 15 is 0 Å². The summed E-state index contributed by atoms with van der Waals surface area (Å²) in [5, 5.41) is 8.27. The van der Waals surface area contributed by atoms with Crippen LogP contribution in [0.3, 0.4) is 0 Å². The van der Waals surface area contributed by atoms with E-state index in [0.717, 1.165) is 5.75 Å².